The lowest BCUT2D eigenvalue weighted by Crippen LogP contribution is -2.58. The fourth-order valence-electron chi connectivity index (χ4n) is 3.10. The minimum absolute atomic E-state index is 0.132. The molecule has 20 heavy (non-hydrogen) atoms. The molecule has 1 fully saturated rings. The molecule has 0 aromatic heterocycles. The minimum Gasteiger partial charge on any atom is -0.465 e. The van der Waals surface area contributed by atoms with Crippen LogP contribution in [-0.2, 0) is 9.53 Å². The van der Waals surface area contributed by atoms with Crippen LogP contribution in [-0.4, -0.2) is 49.2 Å². The molecule has 0 bridgehead atoms. The Morgan fingerprint density at radius 1 is 1.35 bits per heavy atom. The Morgan fingerprint density at radius 2 is 1.95 bits per heavy atom. The van der Waals surface area contributed by atoms with Gasteiger partial charge in [0.1, 0.15) is 5.54 Å². The van der Waals surface area contributed by atoms with Gasteiger partial charge in [0, 0.05) is 6.54 Å². The van der Waals surface area contributed by atoms with E-state index in [-0.39, 0.29) is 5.97 Å². The molecule has 1 saturated heterocycles. The van der Waals surface area contributed by atoms with Crippen molar-refractivity contribution in [3.63, 3.8) is 0 Å². The Bertz CT molecular complexity index is 299. The second-order valence-electron chi connectivity index (χ2n) is 6.44. The first-order chi connectivity index (χ1) is 9.42. The van der Waals surface area contributed by atoms with E-state index >= 15 is 0 Å². The van der Waals surface area contributed by atoms with Gasteiger partial charge in [-0.25, -0.2) is 0 Å². The predicted molar refractivity (Wildman–Crippen MR) is 82.7 cm³/mol. The van der Waals surface area contributed by atoms with Crippen LogP contribution in [0.15, 0.2) is 0 Å². The Hall–Kier alpha value is -0.610. The average Bonchev–Trinajstić information content (AvgIpc) is 2.39. The highest BCUT2D eigenvalue weighted by Gasteiger charge is 2.36. The van der Waals surface area contributed by atoms with Gasteiger partial charge in [0.15, 0.2) is 0 Å². The molecule has 1 aliphatic rings. The largest absolute Gasteiger partial charge is 0.465 e. The molecule has 0 saturated carbocycles. The second kappa shape index (κ2) is 7.99. The smallest absolute Gasteiger partial charge is 0.327 e. The summed E-state index contributed by atoms with van der Waals surface area (Å²) in [5, 5.41) is 3.31. The number of likely N-dealkylation sites (N-methyl/N-ethyl adjacent to an activating group) is 1. The highest BCUT2D eigenvalue weighted by atomic mass is 16.5. The second-order valence-corrected chi connectivity index (χ2v) is 6.44. The van der Waals surface area contributed by atoms with E-state index < -0.39 is 5.54 Å². The van der Waals surface area contributed by atoms with Crippen molar-refractivity contribution in [2.45, 2.75) is 53.0 Å². The number of carbonyl (C=O) groups is 1. The number of hydrogen-bond donors (Lipinski definition) is 1. The molecule has 4 nitrogen and oxygen atoms in total. The first kappa shape index (κ1) is 17.4. The summed E-state index contributed by atoms with van der Waals surface area (Å²) in [6.45, 7) is 14.6. The Morgan fingerprint density at radius 3 is 2.40 bits per heavy atom. The lowest BCUT2D eigenvalue weighted by molar-refractivity contribution is -0.151. The van der Waals surface area contributed by atoms with Gasteiger partial charge in [-0.2, -0.15) is 0 Å². The Balaban J connectivity index is 2.56. The number of nitrogens with zero attached hydrogens (tertiary/aromatic N) is 1. The Kier molecular flexibility index (Phi) is 6.96. The van der Waals surface area contributed by atoms with Crippen LogP contribution in [0.4, 0.5) is 0 Å². The van der Waals surface area contributed by atoms with Crippen molar-refractivity contribution in [3.8, 4) is 0 Å². The molecule has 0 amide bonds. The fraction of sp³-hybridized carbons (Fsp3) is 0.938. The summed E-state index contributed by atoms with van der Waals surface area (Å²) in [6, 6.07) is 0. The van der Waals surface area contributed by atoms with E-state index in [1.54, 1.807) is 0 Å². The van der Waals surface area contributed by atoms with Gasteiger partial charge >= 0.3 is 5.97 Å². The van der Waals surface area contributed by atoms with Gasteiger partial charge in [-0.3, -0.25) is 4.79 Å². The molecule has 0 aromatic rings. The zero-order chi connectivity index (χ0) is 15.2. The summed E-state index contributed by atoms with van der Waals surface area (Å²) in [5.41, 5.74) is -0.588. The number of hydrogen-bond acceptors (Lipinski definition) is 4. The van der Waals surface area contributed by atoms with Crippen LogP contribution < -0.4 is 5.32 Å². The number of carbonyl (C=O) groups excluding carboxylic acids is 1. The van der Waals surface area contributed by atoms with Gasteiger partial charge in [0.2, 0.25) is 0 Å². The van der Waals surface area contributed by atoms with Gasteiger partial charge < -0.3 is 15.0 Å². The quantitative estimate of drug-likeness (QED) is 0.728. The van der Waals surface area contributed by atoms with Crippen molar-refractivity contribution in [2.24, 2.45) is 11.8 Å². The van der Waals surface area contributed by atoms with Crippen LogP contribution in [0.3, 0.4) is 0 Å². The maximum Gasteiger partial charge on any atom is 0.327 e. The number of esters is 1. The first-order valence-electron chi connectivity index (χ1n) is 8.07. The zero-order valence-electron chi connectivity index (χ0n) is 13.9. The molecular weight excluding hydrogens is 252 g/mol. The van der Waals surface area contributed by atoms with Crippen molar-refractivity contribution in [1.82, 2.24) is 10.2 Å². The first-order valence-corrected chi connectivity index (χ1v) is 8.07. The van der Waals surface area contributed by atoms with Crippen LogP contribution in [0, 0.1) is 11.8 Å². The number of nitrogens with one attached hydrogen (secondary N) is 1. The van der Waals surface area contributed by atoms with E-state index in [9.17, 15) is 4.79 Å². The molecule has 1 aliphatic heterocycles. The summed E-state index contributed by atoms with van der Waals surface area (Å²) < 4.78 is 5.23. The van der Waals surface area contributed by atoms with Gasteiger partial charge in [-0.1, -0.05) is 20.8 Å². The monoisotopic (exact) mass is 284 g/mol. The standard InChI is InChI=1S/C16H32N2O2/c1-6-17-16(5,15(19)20-7-2)12-18-10-8-14(9-11-18)13(3)4/h13-14,17H,6-12H2,1-5H3. The normalized spacial score (nSPS) is 20.9. The van der Waals surface area contributed by atoms with Crippen LogP contribution in [0.25, 0.3) is 0 Å². The highest BCUT2D eigenvalue weighted by molar-refractivity contribution is 5.80. The topological polar surface area (TPSA) is 41.6 Å². The van der Waals surface area contributed by atoms with Crippen molar-refractivity contribution in [1.29, 1.82) is 0 Å². The lowest BCUT2D eigenvalue weighted by Gasteiger charge is -2.39. The number of ether oxygens (including phenoxy) is 1. The van der Waals surface area contributed by atoms with Gasteiger partial charge in [0.05, 0.1) is 6.61 Å². The summed E-state index contributed by atoms with van der Waals surface area (Å²) in [5.74, 6) is 1.47. The van der Waals surface area contributed by atoms with Crippen molar-refractivity contribution >= 4 is 5.97 Å². The maximum absolute atomic E-state index is 12.2. The molecule has 1 heterocycles. The molecule has 0 spiro atoms. The number of likely N-dealkylation sites (tertiary alicyclic amines) is 1. The molecular formula is C16H32N2O2. The van der Waals surface area contributed by atoms with Crippen LogP contribution >= 0.6 is 0 Å². The van der Waals surface area contributed by atoms with E-state index in [4.69, 9.17) is 4.74 Å². The van der Waals surface area contributed by atoms with Gasteiger partial charge in [0.25, 0.3) is 0 Å². The molecule has 1 unspecified atom stereocenters. The van der Waals surface area contributed by atoms with E-state index in [0.29, 0.717) is 6.61 Å². The SMILES string of the molecule is CCNC(C)(CN1CCC(C(C)C)CC1)C(=O)OCC. The van der Waals surface area contributed by atoms with Crippen molar-refractivity contribution in [3.05, 3.63) is 0 Å². The van der Waals surface area contributed by atoms with Crippen molar-refractivity contribution < 1.29 is 9.53 Å². The van der Waals surface area contributed by atoms with E-state index in [0.717, 1.165) is 38.0 Å². The predicted octanol–water partition coefficient (Wildman–Crippen LogP) is 2.29. The molecule has 1 atom stereocenters. The lowest BCUT2D eigenvalue weighted by atomic mass is 9.86. The third kappa shape index (κ3) is 4.74. The maximum atomic E-state index is 12.2. The molecule has 0 aliphatic carbocycles. The molecule has 1 rings (SSSR count). The number of rotatable bonds is 7. The summed E-state index contributed by atoms with van der Waals surface area (Å²) >= 11 is 0. The van der Waals surface area contributed by atoms with E-state index in [1.165, 1.54) is 12.8 Å². The average molecular weight is 284 g/mol. The summed E-state index contributed by atoms with van der Waals surface area (Å²) in [4.78, 5) is 14.6. The zero-order valence-corrected chi connectivity index (χ0v) is 13.9. The van der Waals surface area contributed by atoms with Crippen LogP contribution in [0.2, 0.25) is 0 Å². The van der Waals surface area contributed by atoms with Crippen molar-refractivity contribution in [2.75, 3.05) is 32.8 Å². The van der Waals surface area contributed by atoms with Gasteiger partial charge in [-0.05, 0) is 58.2 Å². The molecule has 0 aromatic carbocycles. The minimum atomic E-state index is -0.588. The highest BCUT2D eigenvalue weighted by Crippen LogP contribution is 2.25. The van der Waals surface area contributed by atoms with Crippen LogP contribution in [0.1, 0.15) is 47.5 Å². The molecule has 0 radical (unpaired) electrons. The van der Waals surface area contributed by atoms with E-state index in [2.05, 4.69) is 24.1 Å². The third-order valence-corrected chi connectivity index (χ3v) is 4.41. The van der Waals surface area contributed by atoms with Gasteiger partial charge in [-0.15, -0.1) is 0 Å². The summed E-state index contributed by atoms with van der Waals surface area (Å²) in [6.07, 6.45) is 2.48. The molecule has 1 N–H and O–H groups in total. The molecule has 118 valence electrons. The molecule has 4 heteroatoms. The van der Waals surface area contributed by atoms with E-state index in [1.807, 2.05) is 20.8 Å². The van der Waals surface area contributed by atoms with Crippen LogP contribution in [0.5, 0.6) is 0 Å². The number of piperidine rings is 1. The fourth-order valence-corrected chi connectivity index (χ4v) is 3.10. The Labute approximate surface area is 124 Å². The summed E-state index contributed by atoms with van der Waals surface area (Å²) in [7, 11) is 0. The third-order valence-electron chi connectivity index (χ3n) is 4.41.